The average Bonchev–Trinajstić information content (AvgIpc) is 2.49. The first-order valence-corrected chi connectivity index (χ1v) is 5.05. The SMILES string of the molecule is CCOC(=O)Cc1c(CC(=O)O)ccn1C. The van der Waals surface area contributed by atoms with Crippen LogP contribution in [0.3, 0.4) is 0 Å². The van der Waals surface area contributed by atoms with E-state index < -0.39 is 5.97 Å². The second kappa shape index (κ2) is 5.34. The van der Waals surface area contributed by atoms with Crippen LogP contribution in [0.4, 0.5) is 0 Å². The molecule has 0 unspecified atom stereocenters. The molecule has 0 bridgehead atoms. The van der Waals surface area contributed by atoms with Crippen molar-refractivity contribution < 1.29 is 19.4 Å². The van der Waals surface area contributed by atoms with Gasteiger partial charge in [0, 0.05) is 18.9 Å². The Morgan fingerprint density at radius 2 is 2.12 bits per heavy atom. The normalized spacial score (nSPS) is 10.1. The van der Waals surface area contributed by atoms with E-state index in [4.69, 9.17) is 9.84 Å². The fraction of sp³-hybridized carbons (Fsp3) is 0.455. The highest BCUT2D eigenvalue weighted by atomic mass is 16.5. The highest BCUT2D eigenvalue weighted by Crippen LogP contribution is 2.12. The molecule has 1 heterocycles. The molecule has 0 radical (unpaired) electrons. The predicted molar refractivity (Wildman–Crippen MR) is 57.1 cm³/mol. The van der Waals surface area contributed by atoms with Gasteiger partial charge in [-0.3, -0.25) is 9.59 Å². The summed E-state index contributed by atoms with van der Waals surface area (Å²) in [6.45, 7) is 2.07. The lowest BCUT2D eigenvalue weighted by Crippen LogP contribution is -2.13. The van der Waals surface area contributed by atoms with Crippen molar-refractivity contribution in [1.29, 1.82) is 0 Å². The molecular formula is C11H15NO4. The highest BCUT2D eigenvalue weighted by molar-refractivity contribution is 5.75. The summed E-state index contributed by atoms with van der Waals surface area (Å²) in [4.78, 5) is 21.9. The molecule has 1 aromatic rings. The van der Waals surface area contributed by atoms with Crippen LogP contribution in [0.5, 0.6) is 0 Å². The molecule has 0 aromatic carbocycles. The summed E-state index contributed by atoms with van der Waals surface area (Å²) in [6.07, 6.45) is 1.78. The van der Waals surface area contributed by atoms with Crippen LogP contribution in [-0.4, -0.2) is 28.2 Å². The number of aliphatic carboxylic acids is 1. The summed E-state index contributed by atoms with van der Waals surface area (Å²) >= 11 is 0. The van der Waals surface area contributed by atoms with Crippen molar-refractivity contribution in [3.8, 4) is 0 Å². The molecule has 1 N–H and O–H groups in total. The maximum Gasteiger partial charge on any atom is 0.311 e. The topological polar surface area (TPSA) is 68.5 Å². The van der Waals surface area contributed by atoms with Crippen molar-refractivity contribution in [2.45, 2.75) is 19.8 Å². The Labute approximate surface area is 93.6 Å². The highest BCUT2D eigenvalue weighted by Gasteiger charge is 2.14. The van der Waals surface area contributed by atoms with Gasteiger partial charge in [0.1, 0.15) is 0 Å². The van der Waals surface area contributed by atoms with Crippen LogP contribution in [0.15, 0.2) is 12.3 Å². The molecule has 1 aromatic heterocycles. The fourth-order valence-corrected chi connectivity index (χ4v) is 1.53. The third kappa shape index (κ3) is 3.12. The number of nitrogens with zero attached hydrogens (tertiary/aromatic N) is 1. The number of hydrogen-bond acceptors (Lipinski definition) is 3. The molecule has 0 aliphatic carbocycles. The van der Waals surface area contributed by atoms with E-state index in [9.17, 15) is 9.59 Å². The first kappa shape index (κ1) is 12.3. The van der Waals surface area contributed by atoms with E-state index in [0.29, 0.717) is 17.9 Å². The minimum absolute atomic E-state index is 0.0738. The molecule has 0 saturated carbocycles. The van der Waals surface area contributed by atoms with E-state index in [-0.39, 0.29) is 18.8 Å². The van der Waals surface area contributed by atoms with Crippen molar-refractivity contribution in [1.82, 2.24) is 4.57 Å². The van der Waals surface area contributed by atoms with Gasteiger partial charge in [-0.05, 0) is 18.6 Å². The van der Waals surface area contributed by atoms with Gasteiger partial charge in [-0.1, -0.05) is 0 Å². The smallest absolute Gasteiger partial charge is 0.311 e. The molecule has 0 spiro atoms. The molecule has 0 atom stereocenters. The third-order valence-electron chi connectivity index (χ3n) is 2.25. The maximum absolute atomic E-state index is 11.3. The molecule has 0 aliphatic rings. The molecule has 5 nitrogen and oxygen atoms in total. The number of aryl methyl sites for hydroxylation is 1. The van der Waals surface area contributed by atoms with E-state index >= 15 is 0 Å². The quantitative estimate of drug-likeness (QED) is 0.751. The zero-order valence-electron chi connectivity index (χ0n) is 9.40. The summed E-state index contributed by atoms with van der Waals surface area (Å²) in [5.74, 6) is -1.24. The second-order valence-corrected chi connectivity index (χ2v) is 3.45. The lowest BCUT2D eigenvalue weighted by molar-refractivity contribution is -0.142. The molecule has 16 heavy (non-hydrogen) atoms. The summed E-state index contributed by atoms with van der Waals surface area (Å²) in [5, 5.41) is 8.71. The van der Waals surface area contributed by atoms with Gasteiger partial charge in [0.05, 0.1) is 19.4 Å². The number of esters is 1. The molecule has 0 aliphatic heterocycles. The van der Waals surface area contributed by atoms with Crippen molar-refractivity contribution in [3.63, 3.8) is 0 Å². The lowest BCUT2D eigenvalue weighted by Gasteiger charge is -2.06. The van der Waals surface area contributed by atoms with Gasteiger partial charge in [-0.2, -0.15) is 0 Å². The van der Waals surface area contributed by atoms with E-state index in [1.54, 1.807) is 30.8 Å². The van der Waals surface area contributed by atoms with E-state index in [0.717, 1.165) is 0 Å². The van der Waals surface area contributed by atoms with Gasteiger partial charge < -0.3 is 14.4 Å². The summed E-state index contributed by atoms with van der Waals surface area (Å²) in [6, 6.07) is 1.71. The number of carboxylic acid groups (broad SMARTS) is 1. The van der Waals surface area contributed by atoms with Gasteiger partial charge in [0.25, 0.3) is 0 Å². The number of carboxylic acids is 1. The van der Waals surface area contributed by atoms with E-state index in [1.807, 2.05) is 0 Å². The van der Waals surface area contributed by atoms with Crippen LogP contribution in [0.1, 0.15) is 18.2 Å². The van der Waals surface area contributed by atoms with Crippen LogP contribution in [0.25, 0.3) is 0 Å². The fourth-order valence-electron chi connectivity index (χ4n) is 1.53. The first-order chi connectivity index (χ1) is 7.54. The predicted octanol–water partition coefficient (Wildman–Crippen LogP) is 0.758. The molecule has 1 rings (SSSR count). The molecule has 5 heteroatoms. The second-order valence-electron chi connectivity index (χ2n) is 3.45. The minimum atomic E-state index is -0.906. The zero-order chi connectivity index (χ0) is 12.1. The minimum Gasteiger partial charge on any atom is -0.481 e. The van der Waals surface area contributed by atoms with Crippen molar-refractivity contribution in [3.05, 3.63) is 23.5 Å². The molecule has 0 saturated heterocycles. The Hall–Kier alpha value is -1.78. The van der Waals surface area contributed by atoms with E-state index in [1.165, 1.54) is 0 Å². The maximum atomic E-state index is 11.3. The van der Waals surface area contributed by atoms with Gasteiger partial charge in [0.15, 0.2) is 0 Å². The lowest BCUT2D eigenvalue weighted by atomic mass is 10.1. The van der Waals surface area contributed by atoms with Crippen molar-refractivity contribution >= 4 is 11.9 Å². The van der Waals surface area contributed by atoms with Crippen molar-refractivity contribution in [2.75, 3.05) is 6.61 Å². The summed E-state index contributed by atoms with van der Waals surface area (Å²) in [5.41, 5.74) is 1.35. The monoisotopic (exact) mass is 225 g/mol. The molecule has 0 amide bonds. The first-order valence-electron chi connectivity index (χ1n) is 5.05. The molecule has 88 valence electrons. The zero-order valence-corrected chi connectivity index (χ0v) is 9.40. The largest absolute Gasteiger partial charge is 0.481 e. The Morgan fingerprint density at radius 3 is 2.69 bits per heavy atom. The summed E-state index contributed by atoms with van der Waals surface area (Å²) in [7, 11) is 1.78. The number of ether oxygens (including phenoxy) is 1. The van der Waals surface area contributed by atoms with E-state index in [2.05, 4.69) is 0 Å². The summed E-state index contributed by atoms with van der Waals surface area (Å²) < 4.78 is 6.58. The Balaban J connectivity index is 2.80. The number of carbonyl (C=O) groups is 2. The van der Waals surface area contributed by atoms with Crippen LogP contribution in [-0.2, 0) is 34.2 Å². The van der Waals surface area contributed by atoms with Gasteiger partial charge in [0.2, 0.25) is 0 Å². The van der Waals surface area contributed by atoms with Crippen LogP contribution in [0, 0.1) is 0 Å². The van der Waals surface area contributed by atoms with Gasteiger partial charge in [-0.25, -0.2) is 0 Å². The average molecular weight is 225 g/mol. The molecule has 0 fully saturated rings. The van der Waals surface area contributed by atoms with Gasteiger partial charge in [-0.15, -0.1) is 0 Å². The Morgan fingerprint density at radius 1 is 1.44 bits per heavy atom. The number of hydrogen-bond donors (Lipinski definition) is 1. The number of carbonyl (C=O) groups excluding carboxylic acids is 1. The van der Waals surface area contributed by atoms with Crippen LogP contribution >= 0.6 is 0 Å². The number of aromatic nitrogens is 1. The Kier molecular flexibility index (Phi) is 4.10. The number of rotatable bonds is 5. The molecular weight excluding hydrogens is 210 g/mol. The third-order valence-corrected chi connectivity index (χ3v) is 2.25. The van der Waals surface area contributed by atoms with Crippen molar-refractivity contribution in [2.24, 2.45) is 7.05 Å². The standard InChI is InChI=1S/C11H15NO4/c1-3-16-11(15)7-9-8(6-10(13)14)4-5-12(9)2/h4-5H,3,6-7H2,1-2H3,(H,13,14). The van der Waals surface area contributed by atoms with Gasteiger partial charge >= 0.3 is 11.9 Å². The van der Waals surface area contributed by atoms with Crippen LogP contribution in [0.2, 0.25) is 0 Å². The van der Waals surface area contributed by atoms with Crippen LogP contribution < -0.4 is 0 Å². The Bertz CT molecular complexity index is 395.